The van der Waals surface area contributed by atoms with Crippen LogP contribution in [0.3, 0.4) is 0 Å². The number of anilines is 1. The molecule has 1 fully saturated rings. The minimum atomic E-state index is -0.206. The van der Waals surface area contributed by atoms with Gasteiger partial charge in [0.05, 0.1) is 12.3 Å². The average molecular weight is 223 g/mol. The molecule has 1 aliphatic rings. The molecule has 0 spiro atoms. The second-order valence-corrected chi connectivity index (χ2v) is 4.85. The molecule has 88 valence electrons. The standard InChI is InChI=1S/C13H18FNO/c1-15(2)12-5-4-10(8-11(12)14)13(9-16)6-3-7-13/h4-5,8,16H,3,6-7,9H2,1-2H3. The lowest BCUT2D eigenvalue weighted by molar-refractivity contribution is 0.120. The van der Waals surface area contributed by atoms with E-state index in [4.69, 9.17) is 0 Å². The molecule has 0 saturated heterocycles. The predicted octanol–water partition coefficient (Wildman–Crippen LogP) is 2.31. The monoisotopic (exact) mass is 223 g/mol. The molecule has 3 heteroatoms. The number of nitrogens with zero attached hydrogens (tertiary/aromatic N) is 1. The lowest BCUT2D eigenvalue weighted by Crippen LogP contribution is -2.38. The fraction of sp³-hybridized carbons (Fsp3) is 0.538. The smallest absolute Gasteiger partial charge is 0.146 e. The zero-order valence-electron chi connectivity index (χ0n) is 9.83. The minimum absolute atomic E-state index is 0.119. The van der Waals surface area contributed by atoms with Crippen LogP contribution in [0, 0.1) is 5.82 Å². The Balaban J connectivity index is 2.34. The Morgan fingerprint density at radius 2 is 2.06 bits per heavy atom. The van der Waals surface area contributed by atoms with Gasteiger partial charge in [0, 0.05) is 19.5 Å². The van der Waals surface area contributed by atoms with E-state index in [1.807, 2.05) is 20.2 Å². The first-order chi connectivity index (χ1) is 7.59. The van der Waals surface area contributed by atoms with Crippen molar-refractivity contribution >= 4 is 5.69 Å². The summed E-state index contributed by atoms with van der Waals surface area (Å²) in [6.45, 7) is 0.119. The summed E-state index contributed by atoms with van der Waals surface area (Å²) < 4.78 is 13.8. The number of hydrogen-bond donors (Lipinski definition) is 1. The summed E-state index contributed by atoms with van der Waals surface area (Å²) in [5.41, 5.74) is 1.35. The third-order valence-electron chi connectivity index (χ3n) is 3.66. The van der Waals surface area contributed by atoms with Crippen LogP contribution in [0.25, 0.3) is 0 Å². The molecular weight excluding hydrogens is 205 g/mol. The second kappa shape index (κ2) is 4.06. The molecule has 0 aliphatic heterocycles. The average Bonchev–Trinajstić information content (AvgIpc) is 2.16. The lowest BCUT2D eigenvalue weighted by atomic mass is 9.65. The summed E-state index contributed by atoms with van der Waals surface area (Å²) in [5, 5.41) is 9.43. The Hall–Kier alpha value is -1.09. The molecule has 1 saturated carbocycles. The summed E-state index contributed by atoms with van der Waals surface area (Å²) in [7, 11) is 3.65. The molecule has 1 aromatic rings. The number of aliphatic hydroxyl groups is 1. The molecular formula is C13H18FNO. The van der Waals surface area contributed by atoms with Crippen LogP contribution in [0.15, 0.2) is 18.2 Å². The highest BCUT2D eigenvalue weighted by atomic mass is 19.1. The van der Waals surface area contributed by atoms with E-state index in [1.165, 1.54) is 0 Å². The van der Waals surface area contributed by atoms with Gasteiger partial charge < -0.3 is 10.0 Å². The van der Waals surface area contributed by atoms with Gasteiger partial charge >= 0.3 is 0 Å². The number of aliphatic hydroxyl groups excluding tert-OH is 1. The molecule has 0 bridgehead atoms. The van der Waals surface area contributed by atoms with Crippen LogP contribution in [0.1, 0.15) is 24.8 Å². The highest BCUT2D eigenvalue weighted by Crippen LogP contribution is 2.43. The highest BCUT2D eigenvalue weighted by molar-refractivity contribution is 5.49. The maximum absolute atomic E-state index is 13.8. The van der Waals surface area contributed by atoms with Crippen molar-refractivity contribution in [3.05, 3.63) is 29.6 Å². The van der Waals surface area contributed by atoms with Crippen LogP contribution in [-0.4, -0.2) is 25.8 Å². The SMILES string of the molecule is CN(C)c1ccc(C2(CO)CCC2)cc1F. The van der Waals surface area contributed by atoms with Gasteiger partial charge in [0.25, 0.3) is 0 Å². The van der Waals surface area contributed by atoms with E-state index in [9.17, 15) is 9.50 Å². The lowest BCUT2D eigenvalue weighted by Gasteiger charge is -2.41. The minimum Gasteiger partial charge on any atom is -0.395 e. The molecule has 0 radical (unpaired) electrons. The molecule has 0 aromatic heterocycles. The first kappa shape index (κ1) is 11.4. The largest absolute Gasteiger partial charge is 0.395 e. The Morgan fingerprint density at radius 1 is 1.38 bits per heavy atom. The van der Waals surface area contributed by atoms with E-state index >= 15 is 0 Å². The summed E-state index contributed by atoms with van der Waals surface area (Å²) in [4.78, 5) is 1.76. The number of hydrogen-bond acceptors (Lipinski definition) is 2. The Kier molecular flexibility index (Phi) is 2.89. The first-order valence-corrected chi connectivity index (χ1v) is 5.67. The van der Waals surface area contributed by atoms with Crippen LogP contribution >= 0.6 is 0 Å². The summed E-state index contributed by atoms with van der Waals surface area (Å²) in [5.74, 6) is -0.206. The van der Waals surface area contributed by atoms with Gasteiger partial charge in [0.15, 0.2) is 0 Å². The number of benzene rings is 1. The van der Waals surface area contributed by atoms with Crippen molar-refractivity contribution in [2.24, 2.45) is 0 Å². The van der Waals surface area contributed by atoms with Crippen molar-refractivity contribution < 1.29 is 9.50 Å². The summed E-state index contributed by atoms with van der Waals surface area (Å²) >= 11 is 0. The predicted molar refractivity (Wildman–Crippen MR) is 63.3 cm³/mol. The fourth-order valence-corrected chi connectivity index (χ4v) is 2.34. The zero-order chi connectivity index (χ0) is 11.8. The summed E-state index contributed by atoms with van der Waals surface area (Å²) in [6, 6.07) is 5.30. The highest BCUT2D eigenvalue weighted by Gasteiger charge is 2.38. The van der Waals surface area contributed by atoms with Crippen LogP contribution in [0.5, 0.6) is 0 Å². The molecule has 0 amide bonds. The molecule has 1 aromatic carbocycles. The molecule has 0 unspecified atom stereocenters. The molecule has 0 atom stereocenters. The molecule has 1 N–H and O–H groups in total. The van der Waals surface area contributed by atoms with Gasteiger partial charge in [-0.25, -0.2) is 4.39 Å². The zero-order valence-corrected chi connectivity index (χ0v) is 9.83. The third-order valence-corrected chi connectivity index (χ3v) is 3.66. The Morgan fingerprint density at radius 3 is 2.44 bits per heavy atom. The maximum atomic E-state index is 13.8. The van der Waals surface area contributed by atoms with Crippen molar-refractivity contribution in [3.63, 3.8) is 0 Å². The van der Waals surface area contributed by atoms with Gasteiger partial charge in [-0.2, -0.15) is 0 Å². The molecule has 0 heterocycles. The van der Waals surface area contributed by atoms with Crippen molar-refractivity contribution in [1.29, 1.82) is 0 Å². The molecule has 1 aliphatic carbocycles. The number of halogens is 1. The van der Waals surface area contributed by atoms with Crippen molar-refractivity contribution in [2.45, 2.75) is 24.7 Å². The summed E-state index contributed by atoms with van der Waals surface area (Å²) in [6.07, 6.45) is 3.05. The fourth-order valence-electron chi connectivity index (χ4n) is 2.34. The maximum Gasteiger partial charge on any atom is 0.146 e. The Bertz CT molecular complexity index is 380. The van der Waals surface area contributed by atoms with Gasteiger partial charge in [0.2, 0.25) is 0 Å². The normalized spacial score (nSPS) is 18.0. The topological polar surface area (TPSA) is 23.5 Å². The second-order valence-electron chi connectivity index (χ2n) is 4.85. The third kappa shape index (κ3) is 1.69. The van der Waals surface area contributed by atoms with E-state index in [2.05, 4.69) is 0 Å². The van der Waals surface area contributed by atoms with Gasteiger partial charge in [-0.1, -0.05) is 12.5 Å². The van der Waals surface area contributed by atoms with Gasteiger partial charge in [-0.3, -0.25) is 0 Å². The van der Waals surface area contributed by atoms with Gasteiger partial charge in [-0.15, -0.1) is 0 Å². The van der Waals surface area contributed by atoms with Crippen molar-refractivity contribution in [2.75, 3.05) is 25.6 Å². The first-order valence-electron chi connectivity index (χ1n) is 5.67. The van der Waals surface area contributed by atoms with E-state index in [0.29, 0.717) is 5.69 Å². The van der Waals surface area contributed by atoms with Crippen LogP contribution in [-0.2, 0) is 5.41 Å². The van der Waals surface area contributed by atoms with Crippen LogP contribution in [0.4, 0.5) is 10.1 Å². The molecule has 16 heavy (non-hydrogen) atoms. The Labute approximate surface area is 95.7 Å². The van der Waals surface area contributed by atoms with Gasteiger partial charge in [-0.05, 0) is 30.5 Å². The van der Waals surface area contributed by atoms with Crippen molar-refractivity contribution in [3.8, 4) is 0 Å². The van der Waals surface area contributed by atoms with E-state index in [1.54, 1.807) is 17.0 Å². The van der Waals surface area contributed by atoms with Crippen LogP contribution in [0.2, 0.25) is 0 Å². The molecule has 2 nitrogen and oxygen atoms in total. The van der Waals surface area contributed by atoms with E-state index < -0.39 is 0 Å². The van der Waals surface area contributed by atoms with E-state index in [-0.39, 0.29) is 17.8 Å². The van der Waals surface area contributed by atoms with E-state index in [0.717, 1.165) is 24.8 Å². The van der Waals surface area contributed by atoms with Gasteiger partial charge in [0.1, 0.15) is 5.82 Å². The quantitative estimate of drug-likeness (QED) is 0.850. The van der Waals surface area contributed by atoms with Crippen LogP contribution < -0.4 is 4.90 Å². The van der Waals surface area contributed by atoms with Crippen molar-refractivity contribution in [1.82, 2.24) is 0 Å². The number of rotatable bonds is 3. The molecule has 2 rings (SSSR count).